The summed E-state index contributed by atoms with van der Waals surface area (Å²) in [7, 11) is 0. The van der Waals surface area contributed by atoms with Gasteiger partial charge in [0.2, 0.25) is 5.91 Å². The van der Waals surface area contributed by atoms with Gasteiger partial charge >= 0.3 is 0 Å². The zero-order valence-corrected chi connectivity index (χ0v) is 17.2. The molecule has 2 aromatic heterocycles. The summed E-state index contributed by atoms with van der Waals surface area (Å²) < 4.78 is 0. The minimum Gasteiger partial charge on any atom is -0.358 e. The molecule has 2 N–H and O–H groups in total. The number of aryl methyl sites for hydroxylation is 1. The van der Waals surface area contributed by atoms with Crippen LogP contribution >= 0.6 is 0 Å². The molecule has 0 bridgehead atoms. The molecule has 3 heterocycles. The molecule has 5 nitrogen and oxygen atoms in total. The van der Waals surface area contributed by atoms with Gasteiger partial charge in [0.05, 0.1) is 24.4 Å². The number of likely N-dealkylation sites (tertiary alicyclic amines) is 1. The lowest BCUT2D eigenvalue weighted by molar-refractivity contribution is -0.134. The van der Waals surface area contributed by atoms with Gasteiger partial charge in [-0.3, -0.25) is 4.79 Å². The third-order valence-corrected chi connectivity index (χ3v) is 6.17. The Bertz CT molecular complexity index is 1170. The van der Waals surface area contributed by atoms with E-state index < -0.39 is 0 Å². The van der Waals surface area contributed by atoms with E-state index in [2.05, 4.69) is 46.1 Å². The van der Waals surface area contributed by atoms with Crippen LogP contribution in [0.25, 0.3) is 22.2 Å². The van der Waals surface area contributed by atoms with E-state index in [0.29, 0.717) is 6.42 Å². The normalized spacial score (nSPS) is 16.8. The molecule has 0 spiro atoms. The Labute approximate surface area is 176 Å². The van der Waals surface area contributed by atoms with Crippen molar-refractivity contribution in [2.24, 2.45) is 0 Å². The van der Waals surface area contributed by atoms with Crippen LogP contribution in [0.3, 0.4) is 0 Å². The van der Waals surface area contributed by atoms with Crippen LogP contribution < -0.4 is 0 Å². The molecule has 1 aliphatic heterocycles. The average Bonchev–Trinajstić information content (AvgIpc) is 3.40. The van der Waals surface area contributed by atoms with Gasteiger partial charge < -0.3 is 14.9 Å². The van der Waals surface area contributed by atoms with Gasteiger partial charge in [0.15, 0.2) is 0 Å². The number of carbonyl (C=O) groups is 1. The van der Waals surface area contributed by atoms with Crippen LogP contribution in [0.1, 0.15) is 42.4 Å². The Morgan fingerprint density at radius 1 is 1.07 bits per heavy atom. The molecule has 0 aliphatic carbocycles. The molecule has 2 aromatic carbocycles. The van der Waals surface area contributed by atoms with Crippen LogP contribution in [-0.2, 0) is 11.2 Å². The monoisotopic (exact) mass is 398 g/mol. The van der Waals surface area contributed by atoms with Gasteiger partial charge in [-0.2, -0.15) is 0 Å². The van der Waals surface area contributed by atoms with Crippen molar-refractivity contribution in [1.82, 2.24) is 19.9 Å². The Hall–Kier alpha value is -3.34. The highest BCUT2D eigenvalue weighted by Crippen LogP contribution is 2.32. The lowest BCUT2D eigenvalue weighted by Gasteiger charge is -2.34. The first-order chi connectivity index (χ1) is 14.7. The van der Waals surface area contributed by atoms with Crippen LogP contribution in [0.15, 0.2) is 60.8 Å². The number of rotatable bonds is 4. The average molecular weight is 399 g/mol. The topological polar surface area (TPSA) is 64.8 Å². The quantitative estimate of drug-likeness (QED) is 0.498. The van der Waals surface area contributed by atoms with Gasteiger partial charge in [-0.25, -0.2) is 4.98 Å². The maximum atomic E-state index is 13.4. The van der Waals surface area contributed by atoms with E-state index in [4.69, 9.17) is 0 Å². The molecule has 1 fully saturated rings. The molecule has 5 rings (SSSR count). The fourth-order valence-corrected chi connectivity index (χ4v) is 4.60. The van der Waals surface area contributed by atoms with Crippen molar-refractivity contribution in [2.75, 3.05) is 6.54 Å². The summed E-state index contributed by atoms with van der Waals surface area (Å²) in [6, 6.07) is 18.4. The van der Waals surface area contributed by atoms with Gasteiger partial charge in [0.1, 0.15) is 5.82 Å². The van der Waals surface area contributed by atoms with Crippen molar-refractivity contribution in [3.63, 3.8) is 0 Å². The number of piperidine rings is 1. The minimum atomic E-state index is 0.00854. The number of hydrogen-bond acceptors (Lipinski definition) is 2. The van der Waals surface area contributed by atoms with E-state index in [9.17, 15) is 4.79 Å². The van der Waals surface area contributed by atoms with Gasteiger partial charge in [-0.15, -0.1) is 0 Å². The fourth-order valence-electron chi connectivity index (χ4n) is 4.60. The Morgan fingerprint density at radius 2 is 1.87 bits per heavy atom. The molecule has 0 radical (unpaired) electrons. The smallest absolute Gasteiger partial charge is 0.227 e. The highest BCUT2D eigenvalue weighted by atomic mass is 16.2. The minimum absolute atomic E-state index is 0.00854. The van der Waals surface area contributed by atoms with Crippen molar-refractivity contribution in [1.29, 1.82) is 0 Å². The first-order valence-corrected chi connectivity index (χ1v) is 10.7. The van der Waals surface area contributed by atoms with Gasteiger partial charge in [-0.05, 0) is 43.4 Å². The molecule has 30 heavy (non-hydrogen) atoms. The Morgan fingerprint density at radius 3 is 2.73 bits per heavy atom. The molecule has 152 valence electrons. The third-order valence-electron chi connectivity index (χ3n) is 6.17. The number of fused-ring (bicyclic) bond motifs is 1. The number of aromatic amines is 2. The zero-order chi connectivity index (χ0) is 20.5. The number of H-pyrrole nitrogens is 2. The number of benzene rings is 2. The summed E-state index contributed by atoms with van der Waals surface area (Å²) in [5, 5.41) is 1.14. The zero-order valence-electron chi connectivity index (χ0n) is 17.2. The highest BCUT2D eigenvalue weighted by Gasteiger charge is 2.30. The van der Waals surface area contributed by atoms with Crippen molar-refractivity contribution in [2.45, 2.75) is 38.6 Å². The predicted molar refractivity (Wildman–Crippen MR) is 119 cm³/mol. The number of nitrogens with zero attached hydrogens (tertiary/aromatic N) is 2. The van der Waals surface area contributed by atoms with Crippen molar-refractivity contribution < 1.29 is 4.79 Å². The summed E-state index contributed by atoms with van der Waals surface area (Å²) in [6.45, 7) is 2.83. The SMILES string of the molecule is Cc1[nH]c2ccccc2c1CC(=O)N1CCCC[C@H]1c1ncc(-c2ccccc2)[nH]1. The number of aromatic nitrogens is 3. The van der Waals surface area contributed by atoms with Crippen LogP contribution in [-0.4, -0.2) is 32.3 Å². The van der Waals surface area contributed by atoms with Crippen molar-refractivity contribution in [3.8, 4) is 11.3 Å². The molecular weight excluding hydrogens is 372 g/mol. The van der Waals surface area contributed by atoms with Crippen LogP contribution in [0, 0.1) is 6.92 Å². The molecule has 0 unspecified atom stereocenters. The maximum Gasteiger partial charge on any atom is 0.227 e. The van der Waals surface area contributed by atoms with Crippen LogP contribution in [0.4, 0.5) is 0 Å². The predicted octanol–water partition coefficient (Wildman–Crippen LogP) is 5.16. The number of hydrogen-bond donors (Lipinski definition) is 2. The van der Waals surface area contributed by atoms with E-state index in [-0.39, 0.29) is 11.9 Å². The highest BCUT2D eigenvalue weighted by molar-refractivity contribution is 5.90. The molecule has 1 saturated heterocycles. The second-order valence-corrected chi connectivity index (χ2v) is 8.10. The lowest BCUT2D eigenvalue weighted by atomic mass is 9.99. The first-order valence-electron chi connectivity index (χ1n) is 10.7. The molecule has 1 atom stereocenters. The summed E-state index contributed by atoms with van der Waals surface area (Å²) >= 11 is 0. The van der Waals surface area contributed by atoms with E-state index in [1.54, 1.807) is 0 Å². The number of imidazole rings is 1. The Balaban J connectivity index is 1.41. The molecule has 1 aliphatic rings. The summed E-state index contributed by atoms with van der Waals surface area (Å²) in [4.78, 5) is 27.0. The van der Waals surface area contributed by atoms with Gasteiger partial charge in [0.25, 0.3) is 0 Å². The summed E-state index contributed by atoms with van der Waals surface area (Å²) in [5.74, 6) is 1.06. The second kappa shape index (κ2) is 7.82. The molecular formula is C25H26N4O. The molecule has 1 amide bonds. The largest absolute Gasteiger partial charge is 0.358 e. The van der Waals surface area contributed by atoms with E-state index >= 15 is 0 Å². The third kappa shape index (κ3) is 3.41. The van der Waals surface area contributed by atoms with Crippen molar-refractivity contribution >= 4 is 16.8 Å². The molecule has 5 heteroatoms. The van der Waals surface area contributed by atoms with Crippen LogP contribution in [0.2, 0.25) is 0 Å². The van der Waals surface area contributed by atoms with E-state index in [1.807, 2.05) is 41.4 Å². The van der Waals surface area contributed by atoms with E-state index in [1.165, 1.54) is 0 Å². The standard InChI is InChI=1S/C25H26N4O/c1-17-20(19-11-5-6-12-21(19)27-17)15-24(30)29-14-8-7-13-23(29)25-26-16-22(28-25)18-9-3-2-4-10-18/h2-6,9-12,16,23,27H,7-8,13-15H2,1H3,(H,26,28)/t23-/m0/s1. The fraction of sp³-hybridized carbons (Fsp3) is 0.280. The lowest BCUT2D eigenvalue weighted by Crippen LogP contribution is -2.39. The first kappa shape index (κ1) is 18.7. The summed E-state index contributed by atoms with van der Waals surface area (Å²) in [6.07, 6.45) is 5.40. The number of para-hydroxylation sites is 1. The Kier molecular flexibility index (Phi) is 4.87. The summed E-state index contributed by atoms with van der Waals surface area (Å²) in [5.41, 5.74) is 5.37. The van der Waals surface area contributed by atoms with E-state index in [0.717, 1.165) is 65.0 Å². The second-order valence-electron chi connectivity index (χ2n) is 8.10. The molecule has 4 aromatic rings. The number of carbonyl (C=O) groups excluding carboxylic acids is 1. The number of nitrogens with one attached hydrogen (secondary N) is 2. The molecule has 0 saturated carbocycles. The van der Waals surface area contributed by atoms with Crippen LogP contribution in [0.5, 0.6) is 0 Å². The number of amides is 1. The van der Waals surface area contributed by atoms with Gasteiger partial charge in [-0.1, -0.05) is 48.5 Å². The maximum absolute atomic E-state index is 13.4. The van der Waals surface area contributed by atoms with Gasteiger partial charge in [0, 0.05) is 23.1 Å². The van der Waals surface area contributed by atoms with Crippen molar-refractivity contribution in [3.05, 3.63) is 77.9 Å².